The number of benzene rings is 1. The summed E-state index contributed by atoms with van der Waals surface area (Å²) in [4.78, 5) is 30.5. The minimum absolute atomic E-state index is 0.0103. The molecule has 1 fully saturated rings. The second kappa shape index (κ2) is 7.24. The Morgan fingerprint density at radius 2 is 1.93 bits per heavy atom. The number of hydrogen-bond acceptors (Lipinski definition) is 4. The largest absolute Gasteiger partial charge is 0.391 e. The Bertz CT molecular complexity index is 1080. The molecule has 3 aromatic rings. The van der Waals surface area contributed by atoms with E-state index < -0.39 is 17.6 Å². The lowest BCUT2D eigenvalue weighted by molar-refractivity contribution is 0.0715. The molecular formula is C21H24N4O3. The van der Waals surface area contributed by atoms with Gasteiger partial charge >= 0.3 is 0 Å². The molecule has 2 heterocycles. The average molecular weight is 380 g/mol. The van der Waals surface area contributed by atoms with Gasteiger partial charge in [-0.25, -0.2) is 9.50 Å². The Morgan fingerprint density at radius 1 is 1.21 bits per heavy atom. The summed E-state index contributed by atoms with van der Waals surface area (Å²) in [6.07, 6.45) is 2.70. The van der Waals surface area contributed by atoms with Crippen molar-refractivity contribution in [3.05, 3.63) is 57.6 Å². The predicted octanol–water partition coefficient (Wildman–Crippen LogP) is 2.34. The summed E-state index contributed by atoms with van der Waals surface area (Å²) in [6.45, 7) is 3.55. The number of aliphatic hydroxyl groups is 1. The fourth-order valence-corrected chi connectivity index (χ4v) is 4.02. The number of aromatic nitrogens is 3. The Balaban J connectivity index is 1.77. The van der Waals surface area contributed by atoms with Crippen molar-refractivity contribution in [1.29, 1.82) is 0 Å². The zero-order valence-electron chi connectivity index (χ0n) is 16.0. The molecule has 1 aliphatic rings. The second-order valence-electron chi connectivity index (χ2n) is 7.45. The van der Waals surface area contributed by atoms with E-state index in [4.69, 9.17) is 0 Å². The lowest BCUT2D eigenvalue weighted by atomic mass is 9.92. The first-order valence-corrected chi connectivity index (χ1v) is 9.63. The molecule has 1 amide bonds. The first kappa shape index (κ1) is 18.4. The van der Waals surface area contributed by atoms with E-state index in [-0.39, 0.29) is 11.6 Å². The van der Waals surface area contributed by atoms with E-state index in [1.807, 2.05) is 37.3 Å². The highest BCUT2D eigenvalue weighted by Crippen LogP contribution is 2.26. The summed E-state index contributed by atoms with van der Waals surface area (Å²) >= 11 is 0. The van der Waals surface area contributed by atoms with E-state index in [0.29, 0.717) is 24.2 Å². The second-order valence-corrected chi connectivity index (χ2v) is 7.45. The van der Waals surface area contributed by atoms with Crippen LogP contribution in [0.25, 0.3) is 16.8 Å². The molecule has 0 saturated heterocycles. The number of H-pyrrole nitrogens is 1. The molecule has 0 aliphatic heterocycles. The molecule has 1 aromatic carbocycles. The molecule has 2 aromatic heterocycles. The Kier molecular flexibility index (Phi) is 4.77. The molecule has 0 unspecified atom stereocenters. The van der Waals surface area contributed by atoms with E-state index in [9.17, 15) is 14.7 Å². The maximum absolute atomic E-state index is 13.1. The third kappa shape index (κ3) is 3.11. The Hall–Kier alpha value is -2.93. The van der Waals surface area contributed by atoms with Crippen molar-refractivity contribution in [1.82, 2.24) is 19.9 Å². The third-order valence-corrected chi connectivity index (χ3v) is 5.48. The Morgan fingerprint density at radius 3 is 2.64 bits per heavy atom. The van der Waals surface area contributed by atoms with Crippen molar-refractivity contribution in [3.8, 4) is 11.1 Å². The fraction of sp³-hybridized carbons (Fsp3) is 0.381. The number of amides is 1. The van der Waals surface area contributed by atoms with Crippen LogP contribution in [0.3, 0.4) is 0 Å². The Labute approximate surface area is 162 Å². The zero-order chi connectivity index (χ0) is 19.8. The summed E-state index contributed by atoms with van der Waals surface area (Å²) in [7, 11) is 0. The highest BCUT2D eigenvalue weighted by molar-refractivity contribution is 5.95. The van der Waals surface area contributed by atoms with Crippen LogP contribution in [-0.4, -0.2) is 37.8 Å². The van der Waals surface area contributed by atoms with Crippen LogP contribution in [0.5, 0.6) is 0 Å². The molecule has 4 rings (SSSR count). The summed E-state index contributed by atoms with van der Waals surface area (Å²) in [5.74, 6) is -0.483. The number of fused-ring (bicyclic) bond motifs is 1. The molecule has 7 nitrogen and oxygen atoms in total. The van der Waals surface area contributed by atoms with Crippen molar-refractivity contribution in [2.45, 2.75) is 51.7 Å². The highest BCUT2D eigenvalue weighted by atomic mass is 16.3. The van der Waals surface area contributed by atoms with Gasteiger partial charge in [0.15, 0.2) is 5.65 Å². The number of carbonyl (C=O) groups excluding carboxylic acids is 1. The summed E-state index contributed by atoms with van der Waals surface area (Å²) in [6, 6.07) is 9.39. The highest BCUT2D eigenvalue weighted by Gasteiger charge is 2.28. The lowest BCUT2D eigenvalue weighted by Gasteiger charge is -2.28. The smallest absolute Gasteiger partial charge is 0.285 e. The number of hydrogen-bond donors (Lipinski definition) is 3. The molecule has 146 valence electrons. The maximum atomic E-state index is 13.1. The van der Waals surface area contributed by atoms with E-state index in [1.165, 1.54) is 4.52 Å². The van der Waals surface area contributed by atoms with Crippen molar-refractivity contribution in [2.75, 3.05) is 0 Å². The standard InChI is InChI=1S/C21H24N4O3/c1-12-18(20(27)23-15-10-6-7-11-16(15)26)21(28)25-19(22-12)17(13(2)24-25)14-8-4-3-5-9-14/h3-5,8-9,15-16,24,26H,6-7,10-11H2,1-2H3,(H,23,27)/t15-,16+/m0/s1. The van der Waals surface area contributed by atoms with Gasteiger partial charge in [-0.15, -0.1) is 0 Å². The normalized spacial score (nSPS) is 19.7. The van der Waals surface area contributed by atoms with Gasteiger partial charge in [0.1, 0.15) is 5.56 Å². The van der Waals surface area contributed by atoms with Gasteiger partial charge in [0.05, 0.1) is 17.8 Å². The molecule has 28 heavy (non-hydrogen) atoms. The monoisotopic (exact) mass is 380 g/mol. The zero-order valence-corrected chi connectivity index (χ0v) is 16.0. The van der Waals surface area contributed by atoms with Gasteiger partial charge in [0, 0.05) is 11.3 Å². The van der Waals surface area contributed by atoms with E-state index in [2.05, 4.69) is 15.4 Å². The average Bonchev–Trinajstić information content (AvgIpc) is 3.00. The quantitative estimate of drug-likeness (QED) is 0.649. The van der Waals surface area contributed by atoms with Gasteiger partial charge in [0.2, 0.25) is 0 Å². The van der Waals surface area contributed by atoms with Gasteiger partial charge in [-0.05, 0) is 32.3 Å². The summed E-state index contributed by atoms with van der Waals surface area (Å²) < 4.78 is 1.33. The van der Waals surface area contributed by atoms with E-state index in [0.717, 1.165) is 29.7 Å². The number of aryl methyl sites for hydroxylation is 2. The predicted molar refractivity (Wildman–Crippen MR) is 106 cm³/mol. The number of nitrogens with zero attached hydrogens (tertiary/aromatic N) is 2. The van der Waals surface area contributed by atoms with E-state index >= 15 is 0 Å². The van der Waals surface area contributed by atoms with Gasteiger partial charge in [0.25, 0.3) is 11.5 Å². The number of rotatable bonds is 3. The van der Waals surface area contributed by atoms with Crippen LogP contribution in [-0.2, 0) is 0 Å². The van der Waals surface area contributed by atoms with Gasteiger partial charge in [-0.1, -0.05) is 43.2 Å². The molecule has 3 N–H and O–H groups in total. The minimum Gasteiger partial charge on any atom is -0.391 e. The van der Waals surface area contributed by atoms with Crippen LogP contribution in [0.4, 0.5) is 0 Å². The number of carbonyl (C=O) groups is 1. The molecule has 1 aliphatic carbocycles. The van der Waals surface area contributed by atoms with E-state index in [1.54, 1.807) is 6.92 Å². The van der Waals surface area contributed by atoms with Crippen LogP contribution in [0, 0.1) is 13.8 Å². The number of nitrogens with one attached hydrogen (secondary N) is 2. The molecule has 0 bridgehead atoms. The SMILES string of the molecule is Cc1nc2c(-c3ccccc3)c(C)[nH]n2c(=O)c1C(=O)N[C@H]1CCCC[C@H]1O. The van der Waals surface area contributed by atoms with Crippen LogP contribution < -0.4 is 10.9 Å². The molecular weight excluding hydrogens is 356 g/mol. The van der Waals surface area contributed by atoms with Crippen LogP contribution in [0.2, 0.25) is 0 Å². The summed E-state index contributed by atoms with van der Waals surface area (Å²) in [5.41, 5.74) is 3.05. The fourth-order valence-electron chi connectivity index (χ4n) is 4.02. The lowest BCUT2D eigenvalue weighted by Crippen LogP contribution is -2.46. The molecule has 2 atom stereocenters. The molecule has 0 radical (unpaired) electrons. The van der Waals surface area contributed by atoms with Gasteiger partial charge < -0.3 is 10.4 Å². The van der Waals surface area contributed by atoms with Crippen molar-refractivity contribution in [2.24, 2.45) is 0 Å². The molecule has 1 saturated carbocycles. The first-order chi connectivity index (χ1) is 13.5. The van der Waals surface area contributed by atoms with Gasteiger partial charge in [-0.3, -0.25) is 14.7 Å². The van der Waals surface area contributed by atoms with Gasteiger partial charge in [-0.2, -0.15) is 0 Å². The van der Waals surface area contributed by atoms with Crippen molar-refractivity contribution >= 4 is 11.6 Å². The third-order valence-electron chi connectivity index (χ3n) is 5.48. The number of aliphatic hydroxyl groups excluding tert-OH is 1. The molecule has 0 spiro atoms. The minimum atomic E-state index is -0.574. The maximum Gasteiger partial charge on any atom is 0.285 e. The topological polar surface area (TPSA) is 99.5 Å². The van der Waals surface area contributed by atoms with Crippen molar-refractivity contribution < 1.29 is 9.90 Å². The van der Waals surface area contributed by atoms with Crippen LogP contribution >= 0.6 is 0 Å². The van der Waals surface area contributed by atoms with Crippen LogP contribution in [0.15, 0.2) is 35.1 Å². The first-order valence-electron chi connectivity index (χ1n) is 9.63. The van der Waals surface area contributed by atoms with Crippen LogP contribution in [0.1, 0.15) is 47.4 Å². The van der Waals surface area contributed by atoms with Crippen molar-refractivity contribution in [3.63, 3.8) is 0 Å². The molecule has 7 heteroatoms. The number of aromatic amines is 1. The summed E-state index contributed by atoms with van der Waals surface area (Å²) in [5, 5.41) is 16.0.